The highest BCUT2D eigenvalue weighted by Crippen LogP contribution is 2.43. The summed E-state index contributed by atoms with van der Waals surface area (Å²) in [4.78, 5) is 1.83. The maximum absolute atomic E-state index is 13.3. The zero-order chi connectivity index (χ0) is 19.4. The first kappa shape index (κ1) is 18.6. The van der Waals surface area contributed by atoms with Crippen molar-refractivity contribution in [1.82, 2.24) is 0 Å². The highest BCUT2D eigenvalue weighted by atomic mass is 79.9. The molecule has 4 nitrogen and oxygen atoms in total. The van der Waals surface area contributed by atoms with E-state index in [4.69, 9.17) is 0 Å². The number of alkyl halides is 3. The monoisotopic (exact) mass is 460 g/mol. The number of hydrogen-bond acceptors (Lipinski definition) is 3. The summed E-state index contributed by atoms with van der Waals surface area (Å²) in [6, 6.07) is 9.34. The molecule has 1 saturated heterocycles. The maximum Gasteiger partial charge on any atom is 0.416 e. The predicted octanol–water partition coefficient (Wildman–Crippen LogP) is 4.65. The van der Waals surface area contributed by atoms with Crippen molar-refractivity contribution in [3.63, 3.8) is 0 Å². The largest absolute Gasteiger partial charge is 0.416 e. The fourth-order valence-corrected chi connectivity index (χ4v) is 5.66. The van der Waals surface area contributed by atoms with Crippen LogP contribution in [0.15, 0.2) is 51.8 Å². The standard InChI is InChI=1S/C18H16BrF3N2O2S/c19-13-6-7-16-17(10-13)24(11-14-4-2-8-23(14)16)27(25,26)15-5-1-3-12(9-15)18(20,21)22/h1,3,5-7,9-10,14H,2,4,8,11H2/t14-/m0/s1. The Morgan fingerprint density at radius 1 is 1.07 bits per heavy atom. The third-order valence-corrected chi connectivity index (χ3v) is 7.29. The van der Waals surface area contributed by atoms with E-state index in [1.54, 1.807) is 6.07 Å². The SMILES string of the molecule is O=S(=O)(c1cccc(C(F)(F)F)c1)N1C[C@@H]2CCCN2c2ccc(Br)cc21. The lowest BCUT2D eigenvalue weighted by molar-refractivity contribution is -0.137. The Labute approximate surface area is 163 Å². The lowest BCUT2D eigenvalue weighted by Crippen LogP contribution is -2.48. The number of fused-ring (bicyclic) bond motifs is 3. The van der Waals surface area contributed by atoms with E-state index in [2.05, 4.69) is 20.8 Å². The van der Waals surface area contributed by atoms with E-state index in [-0.39, 0.29) is 17.5 Å². The Kier molecular flexibility index (Phi) is 4.42. The topological polar surface area (TPSA) is 40.6 Å². The van der Waals surface area contributed by atoms with Crippen LogP contribution in [0.1, 0.15) is 18.4 Å². The van der Waals surface area contributed by atoms with Crippen LogP contribution in [-0.4, -0.2) is 27.5 Å². The fourth-order valence-electron chi connectivity index (χ4n) is 3.76. The van der Waals surface area contributed by atoms with E-state index < -0.39 is 21.8 Å². The van der Waals surface area contributed by atoms with Gasteiger partial charge in [0.1, 0.15) is 0 Å². The van der Waals surface area contributed by atoms with Gasteiger partial charge < -0.3 is 4.90 Å². The highest BCUT2D eigenvalue weighted by molar-refractivity contribution is 9.10. The van der Waals surface area contributed by atoms with Crippen molar-refractivity contribution >= 4 is 37.3 Å². The smallest absolute Gasteiger partial charge is 0.365 e. The summed E-state index contributed by atoms with van der Waals surface area (Å²) in [5, 5.41) is 0. The lowest BCUT2D eigenvalue weighted by Gasteiger charge is -2.40. The van der Waals surface area contributed by atoms with Crippen molar-refractivity contribution in [1.29, 1.82) is 0 Å². The molecule has 0 radical (unpaired) electrons. The van der Waals surface area contributed by atoms with E-state index in [0.717, 1.165) is 37.2 Å². The Hall–Kier alpha value is -1.74. The van der Waals surface area contributed by atoms with Crippen LogP contribution in [0, 0.1) is 0 Å². The minimum Gasteiger partial charge on any atom is -0.365 e. The molecule has 0 spiro atoms. The lowest BCUT2D eigenvalue weighted by atomic mass is 10.1. The molecule has 0 N–H and O–H groups in total. The van der Waals surface area contributed by atoms with Gasteiger partial charge in [-0.1, -0.05) is 22.0 Å². The summed E-state index contributed by atoms with van der Waals surface area (Å²) in [6.07, 6.45) is -2.79. The van der Waals surface area contributed by atoms with Crippen molar-refractivity contribution < 1.29 is 21.6 Å². The number of anilines is 2. The van der Waals surface area contributed by atoms with E-state index in [1.165, 1.54) is 10.4 Å². The zero-order valence-corrected chi connectivity index (χ0v) is 16.5. The number of sulfonamides is 1. The molecule has 2 heterocycles. The number of nitrogens with zero attached hydrogens (tertiary/aromatic N) is 2. The van der Waals surface area contributed by atoms with Gasteiger partial charge in [-0.15, -0.1) is 0 Å². The van der Waals surface area contributed by atoms with Crippen LogP contribution in [0.4, 0.5) is 24.5 Å². The first-order valence-corrected chi connectivity index (χ1v) is 10.7. The van der Waals surface area contributed by atoms with Crippen LogP contribution < -0.4 is 9.21 Å². The predicted molar refractivity (Wildman–Crippen MR) is 100 cm³/mol. The molecule has 2 aromatic rings. The Morgan fingerprint density at radius 3 is 2.59 bits per heavy atom. The maximum atomic E-state index is 13.3. The van der Waals surface area contributed by atoms with Crippen molar-refractivity contribution in [3.8, 4) is 0 Å². The van der Waals surface area contributed by atoms with Crippen LogP contribution in [0.5, 0.6) is 0 Å². The Balaban J connectivity index is 1.83. The molecular weight excluding hydrogens is 445 g/mol. The van der Waals surface area contributed by atoms with Gasteiger partial charge in [0, 0.05) is 17.1 Å². The molecule has 0 aromatic heterocycles. The zero-order valence-electron chi connectivity index (χ0n) is 14.1. The van der Waals surface area contributed by atoms with Gasteiger partial charge in [-0.3, -0.25) is 4.31 Å². The average molecular weight is 461 g/mol. The second-order valence-electron chi connectivity index (χ2n) is 6.68. The van der Waals surface area contributed by atoms with Gasteiger partial charge in [0.25, 0.3) is 10.0 Å². The third-order valence-electron chi connectivity index (χ3n) is 5.02. The average Bonchev–Trinajstić information content (AvgIpc) is 3.09. The van der Waals surface area contributed by atoms with Crippen LogP contribution >= 0.6 is 15.9 Å². The first-order chi connectivity index (χ1) is 12.7. The normalized spacial score (nSPS) is 19.8. The summed E-state index contributed by atoms with van der Waals surface area (Å²) >= 11 is 3.36. The molecule has 1 fully saturated rings. The van der Waals surface area contributed by atoms with E-state index >= 15 is 0 Å². The summed E-state index contributed by atoms with van der Waals surface area (Å²) in [7, 11) is -4.13. The van der Waals surface area contributed by atoms with Crippen molar-refractivity contribution in [2.24, 2.45) is 0 Å². The van der Waals surface area contributed by atoms with E-state index in [9.17, 15) is 21.6 Å². The van der Waals surface area contributed by atoms with Gasteiger partial charge in [-0.2, -0.15) is 13.2 Å². The number of benzene rings is 2. The quantitative estimate of drug-likeness (QED) is 0.654. The second kappa shape index (κ2) is 6.41. The molecule has 0 amide bonds. The Bertz CT molecular complexity index is 994. The summed E-state index contributed by atoms with van der Waals surface area (Å²) < 4.78 is 67.6. The van der Waals surface area contributed by atoms with E-state index in [0.29, 0.717) is 16.2 Å². The molecule has 144 valence electrons. The van der Waals surface area contributed by atoms with Gasteiger partial charge in [-0.05, 0) is 49.2 Å². The minimum absolute atomic E-state index is 0.0271. The molecule has 4 rings (SSSR count). The van der Waals surface area contributed by atoms with Gasteiger partial charge >= 0.3 is 6.18 Å². The fraction of sp³-hybridized carbons (Fsp3) is 0.333. The second-order valence-corrected chi connectivity index (χ2v) is 9.46. The minimum atomic E-state index is -4.60. The third kappa shape index (κ3) is 3.20. The van der Waals surface area contributed by atoms with Gasteiger partial charge in [0.05, 0.1) is 28.4 Å². The van der Waals surface area contributed by atoms with Crippen LogP contribution in [0.3, 0.4) is 0 Å². The molecule has 2 aliphatic rings. The van der Waals surface area contributed by atoms with Crippen LogP contribution in [0.2, 0.25) is 0 Å². The van der Waals surface area contributed by atoms with Crippen molar-refractivity contribution in [3.05, 3.63) is 52.5 Å². The van der Waals surface area contributed by atoms with Gasteiger partial charge in [0.2, 0.25) is 0 Å². The molecule has 0 unspecified atom stereocenters. The number of rotatable bonds is 2. The molecular formula is C18H16BrF3N2O2S. The highest BCUT2D eigenvalue weighted by Gasteiger charge is 2.40. The molecule has 0 bridgehead atoms. The molecule has 1 atom stereocenters. The molecule has 2 aromatic carbocycles. The summed E-state index contributed by atoms with van der Waals surface area (Å²) in [5.41, 5.74) is 0.306. The molecule has 0 saturated carbocycles. The van der Waals surface area contributed by atoms with Crippen molar-refractivity contribution in [2.75, 3.05) is 22.3 Å². The van der Waals surface area contributed by atoms with E-state index in [1.807, 2.05) is 12.1 Å². The molecule has 9 heteroatoms. The first-order valence-electron chi connectivity index (χ1n) is 8.44. The van der Waals surface area contributed by atoms with Gasteiger partial charge in [0.15, 0.2) is 0 Å². The molecule has 27 heavy (non-hydrogen) atoms. The molecule has 2 aliphatic heterocycles. The van der Waals surface area contributed by atoms with Crippen LogP contribution in [0.25, 0.3) is 0 Å². The Morgan fingerprint density at radius 2 is 1.85 bits per heavy atom. The van der Waals surface area contributed by atoms with Crippen LogP contribution in [-0.2, 0) is 16.2 Å². The number of halogens is 4. The van der Waals surface area contributed by atoms with Gasteiger partial charge in [-0.25, -0.2) is 8.42 Å². The number of hydrogen-bond donors (Lipinski definition) is 0. The molecule has 0 aliphatic carbocycles. The summed E-state index contributed by atoms with van der Waals surface area (Å²) in [5.74, 6) is 0. The van der Waals surface area contributed by atoms with Crippen molar-refractivity contribution in [2.45, 2.75) is 30.0 Å². The summed E-state index contributed by atoms with van der Waals surface area (Å²) in [6.45, 7) is 1.07.